The zero-order valence-corrected chi connectivity index (χ0v) is 23.9. The molecule has 2 heterocycles. The first-order valence-electron chi connectivity index (χ1n) is 14.2. The highest BCUT2D eigenvalue weighted by molar-refractivity contribution is 5.94. The van der Waals surface area contributed by atoms with Gasteiger partial charge in [0, 0.05) is 44.3 Å². The highest BCUT2D eigenvalue weighted by Gasteiger charge is 2.42. The van der Waals surface area contributed by atoms with Crippen LogP contribution in [0.4, 0.5) is 0 Å². The number of nitrogens with one attached hydrogen (secondary N) is 3. The van der Waals surface area contributed by atoms with Crippen molar-refractivity contribution in [2.75, 3.05) is 66.3 Å². The molecule has 0 aliphatic carbocycles. The predicted octanol–water partition coefficient (Wildman–Crippen LogP) is 0.176. The van der Waals surface area contributed by atoms with Gasteiger partial charge in [-0.1, -0.05) is 30.3 Å². The Bertz CT molecular complexity index is 1210. The van der Waals surface area contributed by atoms with Crippen LogP contribution in [-0.2, 0) is 30.4 Å². The van der Waals surface area contributed by atoms with E-state index >= 15 is 0 Å². The molecule has 2 saturated heterocycles. The van der Waals surface area contributed by atoms with Crippen LogP contribution in [0.15, 0.2) is 54.6 Å². The molecule has 0 radical (unpaired) electrons. The van der Waals surface area contributed by atoms with E-state index < -0.39 is 6.04 Å². The summed E-state index contributed by atoms with van der Waals surface area (Å²) in [6.07, 6.45) is 0.564. The van der Waals surface area contributed by atoms with Crippen molar-refractivity contribution in [1.29, 1.82) is 0 Å². The Balaban J connectivity index is 1.45. The molecule has 2 fully saturated rings. The standard InChI is InChI=1S/C30H39N5O7/c1-40-24-9-5-6-22(18-24)19-33-25-10-13-35-26(36)20-34(14-11-31-29(38)23-7-3-2-4-8-23)27(37)21-42-17-16-41-15-12-32-30(39)28(25)35/h2-9,18,25,28,33H,10-17,19-21H2,1H3,(H,31,38)(H,32,39)/t25-,28+/m1/s1. The third-order valence-corrected chi connectivity index (χ3v) is 7.21. The summed E-state index contributed by atoms with van der Waals surface area (Å²) in [5, 5.41) is 9.12. The first-order valence-corrected chi connectivity index (χ1v) is 14.2. The topological polar surface area (TPSA) is 139 Å². The summed E-state index contributed by atoms with van der Waals surface area (Å²) in [5.41, 5.74) is 1.48. The Morgan fingerprint density at radius 3 is 2.64 bits per heavy atom. The van der Waals surface area contributed by atoms with Crippen LogP contribution in [0, 0.1) is 0 Å². The maximum atomic E-state index is 13.6. The van der Waals surface area contributed by atoms with Gasteiger partial charge in [-0.05, 0) is 36.2 Å². The van der Waals surface area contributed by atoms with Crippen molar-refractivity contribution in [1.82, 2.24) is 25.8 Å². The number of carbonyl (C=O) groups excluding carboxylic acids is 4. The molecule has 2 atom stereocenters. The number of methoxy groups -OCH3 is 1. The molecular formula is C30H39N5O7. The number of fused-ring (bicyclic) bond motifs is 1. The normalized spacial score (nSPS) is 20.7. The maximum Gasteiger partial charge on any atom is 0.251 e. The van der Waals surface area contributed by atoms with Gasteiger partial charge in [-0.3, -0.25) is 19.2 Å². The number of benzene rings is 2. The van der Waals surface area contributed by atoms with Crippen LogP contribution in [0.5, 0.6) is 5.75 Å². The molecule has 0 saturated carbocycles. The largest absolute Gasteiger partial charge is 0.497 e. The second kappa shape index (κ2) is 15.9. The average molecular weight is 582 g/mol. The van der Waals surface area contributed by atoms with Gasteiger partial charge in [-0.15, -0.1) is 0 Å². The van der Waals surface area contributed by atoms with Crippen molar-refractivity contribution in [2.45, 2.75) is 25.0 Å². The fourth-order valence-corrected chi connectivity index (χ4v) is 5.01. The van der Waals surface area contributed by atoms with Gasteiger partial charge >= 0.3 is 0 Å². The summed E-state index contributed by atoms with van der Waals surface area (Å²) < 4.78 is 16.3. The van der Waals surface area contributed by atoms with Crippen LogP contribution in [0.25, 0.3) is 0 Å². The molecule has 0 unspecified atom stereocenters. The van der Waals surface area contributed by atoms with Crippen LogP contribution >= 0.6 is 0 Å². The van der Waals surface area contributed by atoms with E-state index in [1.54, 1.807) is 31.4 Å². The second-order valence-corrected chi connectivity index (χ2v) is 10.1. The Labute approximate surface area is 245 Å². The molecular weight excluding hydrogens is 542 g/mol. The minimum Gasteiger partial charge on any atom is -0.497 e. The molecule has 2 aromatic carbocycles. The first-order chi connectivity index (χ1) is 20.5. The zero-order valence-electron chi connectivity index (χ0n) is 23.9. The number of hydrogen-bond donors (Lipinski definition) is 3. The van der Waals surface area contributed by atoms with E-state index in [9.17, 15) is 19.2 Å². The maximum absolute atomic E-state index is 13.6. The molecule has 3 N–H and O–H groups in total. The Morgan fingerprint density at radius 1 is 1.02 bits per heavy atom. The average Bonchev–Trinajstić information content (AvgIpc) is 3.45. The fraction of sp³-hybridized carbons (Fsp3) is 0.467. The zero-order chi connectivity index (χ0) is 29.7. The number of amides is 4. The van der Waals surface area contributed by atoms with Crippen molar-refractivity contribution in [3.8, 4) is 5.75 Å². The summed E-state index contributed by atoms with van der Waals surface area (Å²) in [5.74, 6) is -0.568. The molecule has 12 nitrogen and oxygen atoms in total. The SMILES string of the molecule is COc1cccc(CN[C@@H]2CCN3C(=O)CN(CCNC(=O)c4ccccc4)C(=O)COCCOCCNC(=O)[C@H]23)c1. The van der Waals surface area contributed by atoms with E-state index in [-0.39, 0.29) is 82.3 Å². The summed E-state index contributed by atoms with van der Waals surface area (Å²) in [7, 11) is 1.61. The highest BCUT2D eigenvalue weighted by Crippen LogP contribution is 2.21. The minimum absolute atomic E-state index is 0.102. The van der Waals surface area contributed by atoms with E-state index in [2.05, 4.69) is 16.0 Å². The molecule has 2 aliphatic heterocycles. The fourth-order valence-electron chi connectivity index (χ4n) is 5.01. The van der Waals surface area contributed by atoms with Crippen molar-refractivity contribution in [2.24, 2.45) is 0 Å². The molecule has 2 aromatic rings. The van der Waals surface area contributed by atoms with Gasteiger partial charge in [-0.2, -0.15) is 0 Å². The van der Waals surface area contributed by atoms with Gasteiger partial charge in [0.2, 0.25) is 17.7 Å². The van der Waals surface area contributed by atoms with E-state index in [1.165, 1.54) is 9.80 Å². The van der Waals surface area contributed by atoms with Gasteiger partial charge in [0.1, 0.15) is 18.4 Å². The third-order valence-electron chi connectivity index (χ3n) is 7.21. The number of carbonyl (C=O) groups is 4. The van der Waals surface area contributed by atoms with Crippen LogP contribution in [0.3, 0.4) is 0 Å². The number of nitrogens with zero attached hydrogens (tertiary/aromatic N) is 2. The number of rotatable bonds is 8. The smallest absolute Gasteiger partial charge is 0.251 e. The lowest BCUT2D eigenvalue weighted by molar-refractivity contribution is -0.145. The van der Waals surface area contributed by atoms with E-state index in [0.717, 1.165) is 11.3 Å². The second-order valence-electron chi connectivity index (χ2n) is 10.1. The molecule has 4 amide bonds. The molecule has 0 bridgehead atoms. The molecule has 42 heavy (non-hydrogen) atoms. The quantitative estimate of drug-likeness (QED) is 0.401. The highest BCUT2D eigenvalue weighted by atomic mass is 16.5. The van der Waals surface area contributed by atoms with Crippen molar-refractivity contribution in [3.63, 3.8) is 0 Å². The summed E-state index contributed by atoms with van der Waals surface area (Å²) >= 11 is 0. The molecule has 226 valence electrons. The van der Waals surface area contributed by atoms with Gasteiger partial charge in [0.15, 0.2) is 0 Å². The number of ether oxygens (including phenoxy) is 3. The molecule has 0 aromatic heterocycles. The monoisotopic (exact) mass is 581 g/mol. The molecule has 12 heteroatoms. The van der Waals surface area contributed by atoms with E-state index in [1.807, 2.05) is 30.3 Å². The first kappa shape index (κ1) is 30.9. The lowest BCUT2D eigenvalue weighted by Gasteiger charge is -2.30. The van der Waals surface area contributed by atoms with Gasteiger partial charge in [0.25, 0.3) is 5.91 Å². The predicted molar refractivity (Wildman–Crippen MR) is 154 cm³/mol. The minimum atomic E-state index is -0.765. The van der Waals surface area contributed by atoms with Crippen molar-refractivity contribution >= 4 is 23.6 Å². The van der Waals surface area contributed by atoms with Gasteiger partial charge in [0.05, 0.1) is 33.5 Å². The lowest BCUT2D eigenvalue weighted by atomic mass is 10.1. The van der Waals surface area contributed by atoms with E-state index in [4.69, 9.17) is 14.2 Å². The van der Waals surface area contributed by atoms with Crippen molar-refractivity contribution < 1.29 is 33.4 Å². The molecule has 2 aliphatic rings. The van der Waals surface area contributed by atoms with Crippen molar-refractivity contribution in [3.05, 3.63) is 65.7 Å². The summed E-state index contributed by atoms with van der Waals surface area (Å²) in [4.78, 5) is 55.4. The summed E-state index contributed by atoms with van der Waals surface area (Å²) in [6, 6.07) is 15.3. The molecule has 0 spiro atoms. The van der Waals surface area contributed by atoms with Crippen LogP contribution in [0.2, 0.25) is 0 Å². The third kappa shape index (κ3) is 8.75. The Hall–Kier alpha value is -4.00. The van der Waals surface area contributed by atoms with Crippen LogP contribution < -0.4 is 20.7 Å². The number of hydrogen-bond acceptors (Lipinski definition) is 8. The Kier molecular flexibility index (Phi) is 11.7. The Morgan fingerprint density at radius 2 is 1.83 bits per heavy atom. The van der Waals surface area contributed by atoms with Gasteiger partial charge in [-0.25, -0.2) is 0 Å². The lowest BCUT2D eigenvalue weighted by Crippen LogP contribution is -2.56. The van der Waals surface area contributed by atoms with Gasteiger partial charge < -0.3 is 40.0 Å². The summed E-state index contributed by atoms with van der Waals surface area (Å²) in [6.45, 7) is 1.63. The van der Waals surface area contributed by atoms with Crippen LogP contribution in [-0.4, -0.2) is 112 Å². The van der Waals surface area contributed by atoms with E-state index in [0.29, 0.717) is 25.1 Å². The molecule has 4 rings (SSSR count). The van der Waals surface area contributed by atoms with Crippen LogP contribution in [0.1, 0.15) is 22.3 Å².